The standard InChI is InChI=1S/C21H22N2O2/c1-21(12-16-9-5-6-10-17(16)13-21)14-23-19(24)18(22-20(23)25)11-15-7-3-2-4-8-15/h2-10,18H,11-14H2,1H3,(H,22,25). The highest BCUT2D eigenvalue weighted by molar-refractivity contribution is 6.04. The molecule has 1 N–H and O–H groups in total. The Morgan fingerprint density at radius 2 is 1.60 bits per heavy atom. The highest BCUT2D eigenvalue weighted by atomic mass is 16.2. The summed E-state index contributed by atoms with van der Waals surface area (Å²) in [6.45, 7) is 2.63. The predicted molar refractivity (Wildman–Crippen MR) is 96.1 cm³/mol. The summed E-state index contributed by atoms with van der Waals surface area (Å²) in [4.78, 5) is 26.6. The van der Waals surface area contributed by atoms with Gasteiger partial charge in [0.05, 0.1) is 0 Å². The first-order valence-electron chi connectivity index (χ1n) is 8.77. The maximum atomic E-state index is 12.8. The molecular formula is C21H22N2O2. The van der Waals surface area contributed by atoms with E-state index in [0.29, 0.717) is 13.0 Å². The molecule has 2 aliphatic rings. The number of carbonyl (C=O) groups excluding carboxylic acids is 2. The van der Waals surface area contributed by atoms with E-state index in [2.05, 4.69) is 24.4 Å². The van der Waals surface area contributed by atoms with Gasteiger partial charge in [0.1, 0.15) is 6.04 Å². The van der Waals surface area contributed by atoms with Crippen molar-refractivity contribution >= 4 is 11.9 Å². The van der Waals surface area contributed by atoms with Crippen molar-refractivity contribution in [3.05, 3.63) is 71.3 Å². The van der Waals surface area contributed by atoms with E-state index in [4.69, 9.17) is 0 Å². The van der Waals surface area contributed by atoms with Crippen LogP contribution in [0.4, 0.5) is 4.79 Å². The first kappa shape index (κ1) is 15.9. The van der Waals surface area contributed by atoms with Crippen LogP contribution < -0.4 is 5.32 Å². The van der Waals surface area contributed by atoms with Gasteiger partial charge in [-0.05, 0) is 34.9 Å². The normalized spacial score (nSPS) is 21.3. The van der Waals surface area contributed by atoms with Gasteiger partial charge in [-0.25, -0.2) is 4.79 Å². The molecule has 4 heteroatoms. The molecule has 3 amide bonds. The fourth-order valence-electron chi connectivity index (χ4n) is 4.09. The van der Waals surface area contributed by atoms with E-state index in [1.165, 1.54) is 16.0 Å². The highest BCUT2D eigenvalue weighted by Crippen LogP contribution is 2.37. The lowest BCUT2D eigenvalue weighted by molar-refractivity contribution is -0.128. The Labute approximate surface area is 147 Å². The van der Waals surface area contributed by atoms with E-state index >= 15 is 0 Å². The number of rotatable bonds is 4. The molecule has 0 radical (unpaired) electrons. The van der Waals surface area contributed by atoms with Gasteiger partial charge in [-0.3, -0.25) is 9.69 Å². The molecule has 1 fully saturated rings. The topological polar surface area (TPSA) is 49.4 Å². The van der Waals surface area contributed by atoms with Gasteiger partial charge in [0.25, 0.3) is 5.91 Å². The second-order valence-corrected chi connectivity index (χ2v) is 7.55. The molecule has 2 aromatic carbocycles. The van der Waals surface area contributed by atoms with Crippen molar-refractivity contribution in [2.75, 3.05) is 6.54 Å². The molecule has 1 unspecified atom stereocenters. The van der Waals surface area contributed by atoms with Crippen LogP contribution in [0.3, 0.4) is 0 Å². The van der Waals surface area contributed by atoms with Gasteiger partial charge < -0.3 is 5.32 Å². The van der Waals surface area contributed by atoms with Crippen LogP contribution in [-0.4, -0.2) is 29.4 Å². The minimum atomic E-state index is -0.456. The van der Waals surface area contributed by atoms with Crippen LogP contribution in [-0.2, 0) is 24.1 Å². The number of nitrogens with one attached hydrogen (secondary N) is 1. The van der Waals surface area contributed by atoms with Crippen LogP contribution in [0.5, 0.6) is 0 Å². The quantitative estimate of drug-likeness (QED) is 0.874. The molecular weight excluding hydrogens is 312 g/mol. The monoisotopic (exact) mass is 334 g/mol. The average Bonchev–Trinajstić information content (AvgIpc) is 3.07. The van der Waals surface area contributed by atoms with Gasteiger partial charge in [0, 0.05) is 13.0 Å². The molecule has 0 aromatic heterocycles. The van der Waals surface area contributed by atoms with E-state index in [-0.39, 0.29) is 17.4 Å². The van der Waals surface area contributed by atoms with Crippen molar-refractivity contribution < 1.29 is 9.59 Å². The number of urea groups is 1. The Kier molecular flexibility index (Phi) is 3.83. The van der Waals surface area contributed by atoms with Crippen LogP contribution in [0.2, 0.25) is 0 Å². The first-order valence-corrected chi connectivity index (χ1v) is 8.77. The van der Waals surface area contributed by atoms with E-state index < -0.39 is 6.04 Å². The molecule has 2 aromatic rings. The number of carbonyl (C=O) groups is 2. The van der Waals surface area contributed by atoms with Crippen LogP contribution in [0, 0.1) is 5.41 Å². The number of hydrogen-bond acceptors (Lipinski definition) is 2. The zero-order valence-electron chi connectivity index (χ0n) is 14.4. The molecule has 0 spiro atoms. The number of fused-ring (bicyclic) bond motifs is 1. The van der Waals surface area contributed by atoms with Crippen LogP contribution in [0.15, 0.2) is 54.6 Å². The summed E-state index contributed by atoms with van der Waals surface area (Å²) >= 11 is 0. The summed E-state index contributed by atoms with van der Waals surface area (Å²) in [5.74, 6) is -0.106. The van der Waals surface area contributed by atoms with Crippen molar-refractivity contribution in [2.24, 2.45) is 5.41 Å². The molecule has 1 aliphatic heterocycles. The predicted octanol–water partition coefficient (Wildman–Crippen LogP) is 2.95. The third-order valence-corrected chi connectivity index (χ3v) is 5.28. The minimum absolute atomic E-state index is 0.0850. The summed E-state index contributed by atoms with van der Waals surface area (Å²) in [5, 5.41) is 2.85. The molecule has 1 aliphatic carbocycles. The Morgan fingerprint density at radius 1 is 1.00 bits per heavy atom. The Bertz CT molecular complexity index is 791. The fourth-order valence-corrected chi connectivity index (χ4v) is 4.09. The smallest absolute Gasteiger partial charge is 0.324 e. The number of nitrogens with zero attached hydrogens (tertiary/aromatic N) is 1. The zero-order valence-corrected chi connectivity index (χ0v) is 14.4. The molecule has 128 valence electrons. The largest absolute Gasteiger partial charge is 0.325 e. The number of hydrogen-bond donors (Lipinski definition) is 1. The van der Waals surface area contributed by atoms with Crippen molar-refractivity contribution in [3.8, 4) is 0 Å². The number of amides is 3. The van der Waals surface area contributed by atoms with Gasteiger partial charge in [-0.1, -0.05) is 61.5 Å². The maximum Gasteiger partial charge on any atom is 0.324 e. The van der Waals surface area contributed by atoms with Crippen molar-refractivity contribution in [1.82, 2.24) is 10.2 Å². The number of benzene rings is 2. The highest BCUT2D eigenvalue weighted by Gasteiger charge is 2.43. The fraction of sp³-hybridized carbons (Fsp3) is 0.333. The van der Waals surface area contributed by atoms with Crippen molar-refractivity contribution in [2.45, 2.75) is 32.2 Å². The SMILES string of the molecule is CC1(CN2C(=O)NC(Cc3ccccc3)C2=O)Cc2ccccc2C1. The molecule has 1 saturated heterocycles. The van der Waals surface area contributed by atoms with Crippen molar-refractivity contribution in [1.29, 1.82) is 0 Å². The molecule has 1 heterocycles. The van der Waals surface area contributed by atoms with E-state index in [0.717, 1.165) is 18.4 Å². The summed E-state index contributed by atoms with van der Waals surface area (Å²) < 4.78 is 0. The summed E-state index contributed by atoms with van der Waals surface area (Å²) in [7, 11) is 0. The maximum absolute atomic E-state index is 12.8. The summed E-state index contributed by atoms with van der Waals surface area (Å²) in [6.07, 6.45) is 2.35. The first-order chi connectivity index (χ1) is 12.0. The van der Waals surface area contributed by atoms with E-state index in [1.54, 1.807) is 0 Å². The second-order valence-electron chi connectivity index (χ2n) is 7.55. The Balaban J connectivity index is 1.46. The van der Waals surface area contributed by atoms with Gasteiger partial charge in [0.15, 0.2) is 0 Å². The average molecular weight is 334 g/mol. The van der Waals surface area contributed by atoms with Gasteiger partial charge in [-0.15, -0.1) is 0 Å². The summed E-state index contributed by atoms with van der Waals surface area (Å²) in [6, 6.07) is 17.5. The van der Waals surface area contributed by atoms with E-state index in [9.17, 15) is 9.59 Å². The Morgan fingerprint density at radius 3 is 2.24 bits per heavy atom. The molecule has 0 bridgehead atoms. The van der Waals surface area contributed by atoms with Crippen LogP contribution in [0.25, 0.3) is 0 Å². The van der Waals surface area contributed by atoms with Crippen LogP contribution in [0.1, 0.15) is 23.6 Å². The van der Waals surface area contributed by atoms with Crippen molar-refractivity contribution in [3.63, 3.8) is 0 Å². The van der Waals surface area contributed by atoms with E-state index in [1.807, 2.05) is 42.5 Å². The molecule has 1 atom stereocenters. The van der Waals surface area contributed by atoms with Gasteiger partial charge in [0.2, 0.25) is 0 Å². The van der Waals surface area contributed by atoms with Gasteiger partial charge >= 0.3 is 6.03 Å². The lowest BCUT2D eigenvalue weighted by Gasteiger charge is -2.28. The lowest BCUT2D eigenvalue weighted by atomic mass is 9.86. The molecule has 0 saturated carbocycles. The zero-order chi connectivity index (χ0) is 17.4. The molecule has 4 rings (SSSR count). The van der Waals surface area contributed by atoms with Crippen LogP contribution >= 0.6 is 0 Å². The Hall–Kier alpha value is -2.62. The third-order valence-electron chi connectivity index (χ3n) is 5.28. The third kappa shape index (κ3) is 3.04. The second kappa shape index (κ2) is 6.03. The van der Waals surface area contributed by atoms with Gasteiger partial charge in [-0.2, -0.15) is 0 Å². The molecule has 4 nitrogen and oxygen atoms in total. The lowest BCUT2D eigenvalue weighted by Crippen LogP contribution is -2.41. The minimum Gasteiger partial charge on any atom is -0.325 e. The summed E-state index contributed by atoms with van der Waals surface area (Å²) in [5.41, 5.74) is 3.64. The molecule has 25 heavy (non-hydrogen) atoms. The number of imide groups is 1.